The van der Waals surface area contributed by atoms with E-state index in [0.717, 1.165) is 19.4 Å². The molecule has 0 aromatic heterocycles. The van der Waals surface area contributed by atoms with Crippen LogP contribution < -0.4 is 5.32 Å². The SMILES string of the molecule is C=C(CC)C(=O)NCCC.CC. The zero-order valence-corrected chi connectivity index (χ0v) is 8.74. The topological polar surface area (TPSA) is 29.1 Å². The summed E-state index contributed by atoms with van der Waals surface area (Å²) < 4.78 is 0. The molecule has 0 radical (unpaired) electrons. The van der Waals surface area contributed by atoms with Gasteiger partial charge in [0.15, 0.2) is 0 Å². The molecule has 0 aliphatic heterocycles. The summed E-state index contributed by atoms with van der Waals surface area (Å²) in [4.78, 5) is 10.9. The van der Waals surface area contributed by atoms with E-state index in [2.05, 4.69) is 11.9 Å². The summed E-state index contributed by atoms with van der Waals surface area (Å²) >= 11 is 0. The average molecular weight is 171 g/mol. The maximum Gasteiger partial charge on any atom is 0.246 e. The van der Waals surface area contributed by atoms with Crippen LogP contribution in [0.2, 0.25) is 0 Å². The first kappa shape index (κ1) is 13.8. The van der Waals surface area contributed by atoms with Gasteiger partial charge in [0.25, 0.3) is 0 Å². The van der Waals surface area contributed by atoms with Gasteiger partial charge in [-0.1, -0.05) is 34.3 Å². The molecule has 72 valence electrons. The van der Waals surface area contributed by atoms with Crippen molar-refractivity contribution in [3.05, 3.63) is 12.2 Å². The van der Waals surface area contributed by atoms with Gasteiger partial charge in [0.1, 0.15) is 0 Å². The first-order valence-corrected chi connectivity index (χ1v) is 4.68. The summed E-state index contributed by atoms with van der Waals surface area (Å²) in [7, 11) is 0. The Labute approximate surface area is 76.1 Å². The smallest absolute Gasteiger partial charge is 0.246 e. The highest BCUT2D eigenvalue weighted by atomic mass is 16.1. The van der Waals surface area contributed by atoms with E-state index >= 15 is 0 Å². The molecular formula is C10H21NO. The van der Waals surface area contributed by atoms with Gasteiger partial charge in [-0.15, -0.1) is 0 Å². The predicted molar refractivity (Wildman–Crippen MR) is 54.1 cm³/mol. The lowest BCUT2D eigenvalue weighted by Gasteiger charge is -2.02. The van der Waals surface area contributed by atoms with Crippen molar-refractivity contribution in [2.24, 2.45) is 0 Å². The molecule has 0 spiro atoms. The number of amides is 1. The zero-order chi connectivity index (χ0) is 9.98. The van der Waals surface area contributed by atoms with Crippen LogP contribution in [0.1, 0.15) is 40.5 Å². The molecule has 0 atom stereocenters. The predicted octanol–water partition coefficient (Wildman–Crippen LogP) is 2.51. The van der Waals surface area contributed by atoms with E-state index in [1.54, 1.807) is 0 Å². The summed E-state index contributed by atoms with van der Waals surface area (Å²) in [6.07, 6.45) is 1.71. The Balaban J connectivity index is 0. The van der Waals surface area contributed by atoms with Gasteiger partial charge in [0, 0.05) is 12.1 Å². The lowest BCUT2D eigenvalue weighted by Crippen LogP contribution is -2.24. The Bertz CT molecular complexity index is 130. The number of hydrogen-bond donors (Lipinski definition) is 1. The van der Waals surface area contributed by atoms with Gasteiger partial charge in [-0.2, -0.15) is 0 Å². The third-order valence-electron chi connectivity index (χ3n) is 1.28. The van der Waals surface area contributed by atoms with Crippen molar-refractivity contribution in [1.29, 1.82) is 0 Å². The maximum atomic E-state index is 10.9. The Kier molecular flexibility index (Phi) is 11.7. The molecule has 0 aliphatic rings. The maximum absolute atomic E-state index is 10.9. The van der Waals surface area contributed by atoms with Gasteiger partial charge in [-0.3, -0.25) is 4.79 Å². The number of carbonyl (C=O) groups is 1. The van der Waals surface area contributed by atoms with Crippen LogP contribution in [-0.2, 0) is 4.79 Å². The summed E-state index contributed by atoms with van der Waals surface area (Å²) in [6, 6.07) is 0. The summed E-state index contributed by atoms with van der Waals surface area (Å²) in [5.41, 5.74) is 0.661. The van der Waals surface area contributed by atoms with E-state index in [9.17, 15) is 4.79 Å². The first-order chi connectivity index (χ1) is 5.72. The Morgan fingerprint density at radius 2 is 1.83 bits per heavy atom. The summed E-state index contributed by atoms with van der Waals surface area (Å²) in [5.74, 6) is -0.00986. The lowest BCUT2D eigenvalue weighted by molar-refractivity contribution is -0.117. The van der Waals surface area contributed by atoms with E-state index in [0.29, 0.717) is 5.57 Å². The van der Waals surface area contributed by atoms with Crippen LogP contribution in [0, 0.1) is 0 Å². The molecular weight excluding hydrogens is 150 g/mol. The van der Waals surface area contributed by atoms with Crippen LogP contribution in [0.5, 0.6) is 0 Å². The van der Waals surface area contributed by atoms with E-state index in [-0.39, 0.29) is 5.91 Å². The molecule has 2 nitrogen and oxygen atoms in total. The van der Waals surface area contributed by atoms with Crippen molar-refractivity contribution in [3.63, 3.8) is 0 Å². The molecule has 0 saturated carbocycles. The quantitative estimate of drug-likeness (QED) is 0.647. The Hall–Kier alpha value is -0.790. The second-order valence-corrected chi connectivity index (χ2v) is 2.21. The number of hydrogen-bond acceptors (Lipinski definition) is 1. The minimum absolute atomic E-state index is 0.00986. The minimum Gasteiger partial charge on any atom is -0.352 e. The first-order valence-electron chi connectivity index (χ1n) is 4.68. The van der Waals surface area contributed by atoms with E-state index in [1.165, 1.54) is 0 Å². The van der Waals surface area contributed by atoms with Crippen LogP contribution in [0.3, 0.4) is 0 Å². The van der Waals surface area contributed by atoms with Gasteiger partial charge in [0.2, 0.25) is 5.91 Å². The molecule has 0 fully saturated rings. The normalized spacial score (nSPS) is 8.00. The molecule has 0 aromatic carbocycles. The monoisotopic (exact) mass is 171 g/mol. The fourth-order valence-corrected chi connectivity index (χ4v) is 0.524. The molecule has 0 unspecified atom stereocenters. The molecule has 0 aliphatic carbocycles. The van der Waals surface area contributed by atoms with Crippen molar-refractivity contribution in [1.82, 2.24) is 5.32 Å². The van der Waals surface area contributed by atoms with Crippen molar-refractivity contribution < 1.29 is 4.79 Å². The molecule has 1 amide bonds. The molecule has 0 aromatic rings. The standard InChI is InChI=1S/C8H15NO.C2H6/c1-4-6-9-8(10)7(3)5-2;1-2/h3-6H2,1-2H3,(H,9,10);1-2H3. The highest BCUT2D eigenvalue weighted by Gasteiger charge is 2.00. The number of carbonyl (C=O) groups excluding carboxylic acids is 1. The van der Waals surface area contributed by atoms with Crippen molar-refractivity contribution in [2.75, 3.05) is 6.54 Å². The number of nitrogens with one attached hydrogen (secondary N) is 1. The van der Waals surface area contributed by atoms with Crippen molar-refractivity contribution >= 4 is 5.91 Å². The van der Waals surface area contributed by atoms with Crippen LogP contribution in [0.15, 0.2) is 12.2 Å². The minimum atomic E-state index is -0.00986. The zero-order valence-electron chi connectivity index (χ0n) is 8.74. The molecule has 1 N–H and O–H groups in total. The summed E-state index contributed by atoms with van der Waals surface area (Å²) in [6.45, 7) is 12.3. The summed E-state index contributed by atoms with van der Waals surface area (Å²) in [5, 5.41) is 2.74. The number of rotatable bonds is 4. The fraction of sp³-hybridized carbons (Fsp3) is 0.700. The van der Waals surface area contributed by atoms with Gasteiger partial charge in [0.05, 0.1) is 0 Å². The van der Waals surface area contributed by atoms with Crippen molar-refractivity contribution in [3.8, 4) is 0 Å². The Morgan fingerprint density at radius 1 is 1.33 bits per heavy atom. The van der Waals surface area contributed by atoms with E-state index in [1.807, 2.05) is 27.7 Å². The van der Waals surface area contributed by atoms with Crippen LogP contribution >= 0.6 is 0 Å². The highest BCUT2D eigenvalue weighted by molar-refractivity contribution is 5.92. The molecule has 0 saturated heterocycles. The largest absolute Gasteiger partial charge is 0.352 e. The molecule has 0 bridgehead atoms. The average Bonchev–Trinajstić information content (AvgIpc) is 2.16. The van der Waals surface area contributed by atoms with E-state index < -0.39 is 0 Å². The van der Waals surface area contributed by atoms with E-state index in [4.69, 9.17) is 0 Å². The molecule has 0 rings (SSSR count). The lowest BCUT2D eigenvalue weighted by atomic mass is 10.2. The Morgan fingerprint density at radius 3 is 2.17 bits per heavy atom. The third kappa shape index (κ3) is 7.32. The second-order valence-electron chi connectivity index (χ2n) is 2.21. The van der Waals surface area contributed by atoms with Crippen LogP contribution in [-0.4, -0.2) is 12.5 Å². The van der Waals surface area contributed by atoms with Gasteiger partial charge < -0.3 is 5.32 Å². The molecule has 0 heterocycles. The van der Waals surface area contributed by atoms with Crippen molar-refractivity contribution in [2.45, 2.75) is 40.5 Å². The second kappa shape index (κ2) is 10.2. The van der Waals surface area contributed by atoms with Gasteiger partial charge in [-0.05, 0) is 12.8 Å². The third-order valence-corrected chi connectivity index (χ3v) is 1.28. The van der Waals surface area contributed by atoms with Gasteiger partial charge in [-0.25, -0.2) is 0 Å². The fourth-order valence-electron chi connectivity index (χ4n) is 0.524. The van der Waals surface area contributed by atoms with Crippen LogP contribution in [0.25, 0.3) is 0 Å². The molecule has 2 heteroatoms. The molecule has 12 heavy (non-hydrogen) atoms. The highest BCUT2D eigenvalue weighted by Crippen LogP contribution is 1.94. The van der Waals surface area contributed by atoms with Gasteiger partial charge >= 0.3 is 0 Å². The van der Waals surface area contributed by atoms with Crippen LogP contribution in [0.4, 0.5) is 0 Å².